The second-order valence-corrected chi connectivity index (χ2v) is 6.01. The van der Waals surface area contributed by atoms with Crippen molar-refractivity contribution in [2.45, 2.75) is 46.1 Å². The normalized spacial score (nSPS) is 11.0. The van der Waals surface area contributed by atoms with Gasteiger partial charge in [0, 0.05) is 4.88 Å². The van der Waals surface area contributed by atoms with Crippen molar-refractivity contribution >= 4 is 27.5 Å². The van der Waals surface area contributed by atoms with E-state index >= 15 is 0 Å². The minimum absolute atomic E-state index is 0.0782. The van der Waals surface area contributed by atoms with Gasteiger partial charge in [0.25, 0.3) is 5.56 Å². The van der Waals surface area contributed by atoms with E-state index < -0.39 is 0 Å². The number of unbranched alkanes of at least 4 members (excludes halogenated alkanes) is 2. The Morgan fingerprint density at radius 3 is 2.90 bits per heavy atom. The van der Waals surface area contributed by atoms with Crippen molar-refractivity contribution in [3.63, 3.8) is 0 Å². The molecule has 0 saturated carbocycles. The van der Waals surface area contributed by atoms with Crippen molar-refractivity contribution in [1.82, 2.24) is 9.55 Å². The summed E-state index contributed by atoms with van der Waals surface area (Å²) in [4.78, 5) is 30.1. The summed E-state index contributed by atoms with van der Waals surface area (Å²) in [6, 6.07) is 1.86. The Balaban J connectivity index is 2.06. The van der Waals surface area contributed by atoms with Gasteiger partial charge in [0.15, 0.2) is 0 Å². The first kappa shape index (κ1) is 15.7. The third-order valence-electron chi connectivity index (χ3n) is 3.23. The minimum Gasteiger partial charge on any atom is -0.464 e. The summed E-state index contributed by atoms with van der Waals surface area (Å²) in [5.41, 5.74) is -0.179. The van der Waals surface area contributed by atoms with Crippen LogP contribution in [-0.2, 0) is 22.5 Å². The molecule has 2 aromatic rings. The number of fused-ring (bicyclic) bond motifs is 1. The van der Waals surface area contributed by atoms with Gasteiger partial charge in [-0.3, -0.25) is 14.2 Å². The van der Waals surface area contributed by atoms with E-state index in [2.05, 4.69) is 11.9 Å². The third kappa shape index (κ3) is 3.91. The van der Waals surface area contributed by atoms with Gasteiger partial charge in [0.2, 0.25) is 0 Å². The summed E-state index contributed by atoms with van der Waals surface area (Å²) >= 11 is 1.52. The van der Waals surface area contributed by atoms with Crippen LogP contribution < -0.4 is 5.56 Å². The van der Waals surface area contributed by atoms with Crippen LogP contribution in [0.2, 0.25) is 0 Å². The topological polar surface area (TPSA) is 61.2 Å². The number of rotatable bonds is 7. The number of nitrogens with zero attached hydrogens (tertiary/aromatic N) is 2. The Hall–Kier alpha value is -1.69. The summed E-state index contributed by atoms with van der Waals surface area (Å²) in [7, 11) is 0. The average molecular weight is 308 g/mol. The maximum atomic E-state index is 12.3. The molecule has 0 aliphatic carbocycles. The quantitative estimate of drug-likeness (QED) is 0.583. The van der Waals surface area contributed by atoms with Gasteiger partial charge in [-0.1, -0.05) is 26.7 Å². The lowest BCUT2D eigenvalue weighted by Gasteiger charge is -2.06. The van der Waals surface area contributed by atoms with E-state index in [-0.39, 0.29) is 18.1 Å². The third-order valence-corrected chi connectivity index (χ3v) is 4.42. The Kier molecular flexibility index (Phi) is 5.50. The molecule has 0 atom stereocenters. The summed E-state index contributed by atoms with van der Waals surface area (Å²) < 4.78 is 6.43. The van der Waals surface area contributed by atoms with Crippen LogP contribution in [-0.4, -0.2) is 22.1 Å². The van der Waals surface area contributed by atoms with Gasteiger partial charge in [-0.25, -0.2) is 4.98 Å². The number of thiophene rings is 1. The molecule has 0 N–H and O–H groups in total. The zero-order chi connectivity index (χ0) is 15.2. The number of ether oxygens (including phenoxy) is 1. The first-order valence-corrected chi connectivity index (χ1v) is 8.10. The monoisotopic (exact) mass is 308 g/mol. The number of hydrogen-bond acceptors (Lipinski definition) is 5. The Morgan fingerprint density at radius 1 is 1.38 bits per heavy atom. The Morgan fingerprint density at radius 2 is 2.19 bits per heavy atom. The van der Waals surface area contributed by atoms with Crippen LogP contribution in [0.5, 0.6) is 0 Å². The average Bonchev–Trinajstić information content (AvgIpc) is 2.91. The SMILES string of the molecule is CCCCCOC(=O)Cn1cnc2sc(CC)cc2c1=O. The summed E-state index contributed by atoms with van der Waals surface area (Å²) in [5.74, 6) is -0.389. The number of carbonyl (C=O) groups excluding carboxylic acids is 1. The molecule has 0 fully saturated rings. The van der Waals surface area contributed by atoms with Crippen molar-refractivity contribution in [2.24, 2.45) is 0 Å². The van der Waals surface area contributed by atoms with Crippen LogP contribution in [0.3, 0.4) is 0 Å². The van der Waals surface area contributed by atoms with Crippen LogP contribution in [0, 0.1) is 0 Å². The fourth-order valence-corrected chi connectivity index (χ4v) is 2.94. The van der Waals surface area contributed by atoms with Gasteiger partial charge in [-0.05, 0) is 18.9 Å². The molecule has 0 aliphatic rings. The van der Waals surface area contributed by atoms with Crippen LogP contribution in [0.1, 0.15) is 38.0 Å². The predicted octanol–water partition coefficient (Wildman–Crippen LogP) is 2.75. The minimum atomic E-state index is -0.389. The fraction of sp³-hybridized carbons (Fsp3) is 0.533. The van der Waals surface area contributed by atoms with Crippen molar-refractivity contribution in [3.8, 4) is 0 Å². The van der Waals surface area contributed by atoms with E-state index in [0.29, 0.717) is 12.0 Å². The number of esters is 1. The van der Waals surface area contributed by atoms with Gasteiger partial charge >= 0.3 is 5.97 Å². The van der Waals surface area contributed by atoms with Crippen molar-refractivity contribution < 1.29 is 9.53 Å². The molecule has 2 heterocycles. The van der Waals surface area contributed by atoms with Gasteiger partial charge < -0.3 is 4.74 Å². The van der Waals surface area contributed by atoms with Gasteiger partial charge in [0.1, 0.15) is 11.4 Å². The van der Waals surface area contributed by atoms with Gasteiger partial charge in [-0.2, -0.15) is 0 Å². The molecule has 0 spiro atoms. The lowest BCUT2D eigenvalue weighted by Crippen LogP contribution is -2.25. The highest BCUT2D eigenvalue weighted by Gasteiger charge is 2.11. The highest BCUT2D eigenvalue weighted by atomic mass is 32.1. The smallest absolute Gasteiger partial charge is 0.326 e. The van der Waals surface area contributed by atoms with Crippen LogP contribution in [0.15, 0.2) is 17.2 Å². The lowest BCUT2D eigenvalue weighted by molar-refractivity contribution is -0.144. The second kappa shape index (κ2) is 7.36. The van der Waals surface area contributed by atoms with Crippen molar-refractivity contribution in [3.05, 3.63) is 27.6 Å². The number of hydrogen-bond donors (Lipinski definition) is 0. The van der Waals surface area contributed by atoms with Crippen LogP contribution in [0.4, 0.5) is 0 Å². The summed E-state index contributed by atoms with van der Waals surface area (Å²) in [6.45, 7) is 4.46. The van der Waals surface area contributed by atoms with Gasteiger partial charge in [-0.15, -0.1) is 11.3 Å². The maximum absolute atomic E-state index is 12.3. The molecule has 5 nitrogen and oxygen atoms in total. The van der Waals surface area contributed by atoms with Gasteiger partial charge in [0.05, 0.1) is 18.3 Å². The first-order chi connectivity index (χ1) is 10.2. The molecule has 0 saturated heterocycles. The largest absolute Gasteiger partial charge is 0.464 e. The molecule has 0 radical (unpaired) electrons. The molecule has 2 rings (SSSR count). The molecule has 6 heteroatoms. The van der Waals surface area contributed by atoms with Crippen LogP contribution >= 0.6 is 11.3 Å². The first-order valence-electron chi connectivity index (χ1n) is 7.29. The summed E-state index contributed by atoms with van der Waals surface area (Å²) in [5, 5.41) is 0.582. The molecular formula is C15H20N2O3S. The molecule has 0 bridgehead atoms. The van der Waals surface area contributed by atoms with E-state index in [0.717, 1.165) is 35.4 Å². The van der Waals surface area contributed by atoms with Crippen molar-refractivity contribution in [1.29, 1.82) is 0 Å². The zero-order valence-electron chi connectivity index (χ0n) is 12.4. The van der Waals surface area contributed by atoms with E-state index in [1.54, 1.807) is 0 Å². The molecular weight excluding hydrogens is 288 g/mol. The van der Waals surface area contributed by atoms with E-state index in [1.807, 2.05) is 13.0 Å². The molecule has 2 aromatic heterocycles. The summed E-state index contributed by atoms with van der Waals surface area (Å²) in [6.07, 6.45) is 5.28. The standard InChI is InChI=1S/C15H20N2O3S/c1-3-5-6-7-20-13(18)9-17-10-16-14-12(15(17)19)8-11(4-2)21-14/h8,10H,3-7,9H2,1-2H3. The molecule has 21 heavy (non-hydrogen) atoms. The molecule has 0 amide bonds. The molecule has 114 valence electrons. The zero-order valence-corrected chi connectivity index (χ0v) is 13.2. The highest BCUT2D eigenvalue weighted by Crippen LogP contribution is 2.20. The van der Waals surface area contributed by atoms with E-state index in [1.165, 1.54) is 22.2 Å². The molecule has 0 aliphatic heterocycles. The number of aromatic nitrogens is 2. The molecule has 0 aromatic carbocycles. The molecule has 0 unspecified atom stereocenters. The highest BCUT2D eigenvalue weighted by molar-refractivity contribution is 7.18. The van der Waals surface area contributed by atoms with Crippen LogP contribution in [0.25, 0.3) is 10.2 Å². The number of carbonyl (C=O) groups is 1. The van der Waals surface area contributed by atoms with Crippen molar-refractivity contribution in [2.75, 3.05) is 6.61 Å². The Labute approximate surface area is 127 Å². The predicted molar refractivity (Wildman–Crippen MR) is 83.7 cm³/mol. The fourth-order valence-electron chi connectivity index (χ4n) is 2.02. The lowest BCUT2D eigenvalue weighted by atomic mass is 10.3. The Bertz CT molecular complexity index is 675. The van der Waals surface area contributed by atoms with E-state index in [4.69, 9.17) is 4.74 Å². The maximum Gasteiger partial charge on any atom is 0.326 e. The van der Waals surface area contributed by atoms with E-state index in [9.17, 15) is 9.59 Å². The number of aryl methyl sites for hydroxylation is 1. The second-order valence-electron chi connectivity index (χ2n) is 4.89.